The summed E-state index contributed by atoms with van der Waals surface area (Å²) in [6.07, 6.45) is 11.0. The van der Waals surface area contributed by atoms with Gasteiger partial charge in [-0.15, -0.1) is 0 Å². The van der Waals surface area contributed by atoms with Crippen molar-refractivity contribution in [1.82, 2.24) is 14.9 Å². The van der Waals surface area contributed by atoms with Crippen LogP contribution in [-0.2, 0) is 17.8 Å². The van der Waals surface area contributed by atoms with Gasteiger partial charge in [0, 0.05) is 43.2 Å². The summed E-state index contributed by atoms with van der Waals surface area (Å²) in [5, 5.41) is 5.71. The fraction of sp³-hybridized carbons (Fsp3) is 0.357. The average molecular weight is 485 g/mol. The van der Waals surface area contributed by atoms with Gasteiger partial charge in [-0.25, -0.2) is 9.78 Å². The van der Waals surface area contributed by atoms with Crippen molar-refractivity contribution in [2.24, 2.45) is 10.9 Å². The van der Waals surface area contributed by atoms with Crippen LogP contribution in [0.2, 0.25) is 0 Å². The fourth-order valence-corrected chi connectivity index (χ4v) is 5.12. The molecule has 0 saturated heterocycles. The molecular weight excluding hydrogens is 452 g/mol. The molecular formula is C28H32N6O2. The highest BCUT2D eigenvalue weighted by atomic mass is 16.2. The molecule has 2 heterocycles. The summed E-state index contributed by atoms with van der Waals surface area (Å²) < 4.78 is 2.01. The van der Waals surface area contributed by atoms with Crippen LogP contribution in [0.1, 0.15) is 43.2 Å². The summed E-state index contributed by atoms with van der Waals surface area (Å²) in [5.41, 5.74) is 4.51. The van der Waals surface area contributed by atoms with Gasteiger partial charge < -0.3 is 20.1 Å². The normalized spacial score (nSPS) is 18.2. The number of para-hydroxylation sites is 1. The number of rotatable bonds is 6. The fourth-order valence-electron chi connectivity index (χ4n) is 5.12. The highest BCUT2D eigenvalue weighted by Gasteiger charge is 2.33. The summed E-state index contributed by atoms with van der Waals surface area (Å²) in [4.78, 5) is 36.9. The molecule has 8 heteroatoms. The molecule has 0 unspecified atom stereocenters. The number of carbonyl (C=O) groups excluding carboxylic acids is 2. The second kappa shape index (κ2) is 10.8. The molecule has 1 aromatic heterocycles. The highest BCUT2D eigenvalue weighted by molar-refractivity contribution is 6.14. The Hall–Kier alpha value is -3.94. The molecule has 1 aliphatic heterocycles. The molecule has 2 aliphatic rings. The van der Waals surface area contributed by atoms with Gasteiger partial charge in [-0.2, -0.15) is 0 Å². The van der Waals surface area contributed by atoms with Crippen molar-refractivity contribution in [1.29, 1.82) is 0 Å². The minimum Gasteiger partial charge on any atom is -0.337 e. The van der Waals surface area contributed by atoms with Crippen molar-refractivity contribution in [3.63, 3.8) is 0 Å². The molecule has 2 aromatic carbocycles. The predicted octanol–water partition coefficient (Wildman–Crippen LogP) is 4.62. The van der Waals surface area contributed by atoms with Crippen molar-refractivity contribution in [3.8, 4) is 0 Å². The van der Waals surface area contributed by atoms with Gasteiger partial charge in [-0.05, 0) is 43.0 Å². The molecule has 8 nitrogen and oxygen atoms in total. The van der Waals surface area contributed by atoms with E-state index in [0.29, 0.717) is 11.6 Å². The van der Waals surface area contributed by atoms with E-state index < -0.39 is 12.2 Å². The molecule has 0 radical (unpaired) electrons. The van der Waals surface area contributed by atoms with Gasteiger partial charge in [0.1, 0.15) is 0 Å². The first-order valence-electron chi connectivity index (χ1n) is 12.7. The van der Waals surface area contributed by atoms with Crippen LogP contribution in [0.5, 0.6) is 0 Å². The van der Waals surface area contributed by atoms with E-state index in [9.17, 15) is 9.59 Å². The van der Waals surface area contributed by atoms with E-state index >= 15 is 0 Å². The number of nitrogens with one attached hydrogen (secondary N) is 2. The zero-order valence-electron chi connectivity index (χ0n) is 20.6. The van der Waals surface area contributed by atoms with Gasteiger partial charge in [0.25, 0.3) is 5.91 Å². The highest BCUT2D eigenvalue weighted by Crippen LogP contribution is 2.33. The van der Waals surface area contributed by atoms with E-state index in [0.717, 1.165) is 61.2 Å². The second-order valence-corrected chi connectivity index (χ2v) is 9.52. The molecule has 186 valence electrons. The number of hydrogen-bond donors (Lipinski definition) is 2. The number of anilines is 2. The Morgan fingerprint density at radius 3 is 2.72 bits per heavy atom. The Bertz CT molecular complexity index is 1250. The van der Waals surface area contributed by atoms with Crippen LogP contribution in [0, 0.1) is 5.92 Å². The minimum atomic E-state index is -0.983. The SMILES string of the molecule is CN1C(=O)[C@H](NC(=O)Nc2cccc(CCn3ccnc3)c2)N=C(C2CCCCC2)c2ccccc21. The van der Waals surface area contributed by atoms with Gasteiger partial charge in [0.2, 0.25) is 6.17 Å². The van der Waals surface area contributed by atoms with E-state index in [1.165, 1.54) is 6.42 Å². The summed E-state index contributed by atoms with van der Waals surface area (Å²) in [6, 6.07) is 15.2. The number of urea groups is 1. The molecule has 1 saturated carbocycles. The van der Waals surface area contributed by atoms with Gasteiger partial charge in [-0.3, -0.25) is 9.79 Å². The average Bonchev–Trinajstić information content (AvgIpc) is 3.40. The zero-order chi connectivity index (χ0) is 24.9. The van der Waals surface area contributed by atoms with Crippen molar-refractivity contribution in [2.75, 3.05) is 17.3 Å². The molecule has 0 spiro atoms. The third-order valence-corrected chi connectivity index (χ3v) is 7.04. The van der Waals surface area contributed by atoms with E-state index in [1.54, 1.807) is 24.5 Å². The first kappa shape index (κ1) is 23.8. The first-order chi connectivity index (χ1) is 17.6. The van der Waals surface area contributed by atoms with Crippen molar-refractivity contribution in [3.05, 3.63) is 78.4 Å². The lowest BCUT2D eigenvalue weighted by molar-refractivity contribution is -0.119. The molecule has 3 aromatic rings. The molecule has 5 rings (SSSR count). The van der Waals surface area contributed by atoms with Crippen LogP contribution in [0.4, 0.5) is 16.2 Å². The number of benzene rings is 2. The Kier molecular flexibility index (Phi) is 7.11. The maximum Gasteiger partial charge on any atom is 0.321 e. The number of aliphatic imine (C=N–C) groups is 1. The maximum atomic E-state index is 13.3. The quantitative estimate of drug-likeness (QED) is 0.535. The van der Waals surface area contributed by atoms with Crippen molar-refractivity contribution in [2.45, 2.75) is 51.2 Å². The number of amides is 3. The van der Waals surface area contributed by atoms with E-state index in [2.05, 4.69) is 15.6 Å². The van der Waals surface area contributed by atoms with Crippen LogP contribution in [-0.4, -0.2) is 40.4 Å². The van der Waals surface area contributed by atoms with Crippen molar-refractivity contribution >= 4 is 29.0 Å². The number of aromatic nitrogens is 2. The van der Waals surface area contributed by atoms with E-state index in [1.807, 2.05) is 59.3 Å². The predicted molar refractivity (Wildman–Crippen MR) is 141 cm³/mol. The van der Waals surface area contributed by atoms with Crippen LogP contribution in [0.3, 0.4) is 0 Å². The number of imidazole rings is 1. The Morgan fingerprint density at radius 2 is 1.92 bits per heavy atom. The number of benzodiazepines with no additional fused rings is 1. The number of nitrogens with zero attached hydrogens (tertiary/aromatic N) is 4. The molecule has 0 bridgehead atoms. The lowest BCUT2D eigenvalue weighted by atomic mass is 9.83. The Balaban J connectivity index is 1.32. The maximum absolute atomic E-state index is 13.3. The third kappa shape index (κ3) is 5.32. The minimum absolute atomic E-state index is 0.252. The first-order valence-corrected chi connectivity index (χ1v) is 12.7. The van der Waals surface area contributed by atoms with Crippen LogP contribution < -0.4 is 15.5 Å². The zero-order valence-corrected chi connectivity index (χ0v) is 20.6. The number of carbonyl (C=O) groups is 2. The Labute approximate surface area is 211 Å². The summed E-state index contributed by atoms with van der Waals surface area (Å²) in [5.74, 6) is 0.0382. The summed E-state index contributed by atoms with van der Waals surface area (Å²) >= 11 is 0. The van der Waals surface area contributed by atoms with Gasteiger partial charge >= 0.3 is 6.03 Å². The molecule has 1 fully saturated rings. The Morgan fingerprint density at radius 1 is 1.08 bits per heavy atom. The monoisotopic (exact) mass is 484 g/mol. The van der Waals surface area contributed by atoms with E-state index in [4.69, 9.17) is 4.99 Å². The second-order valence-electron chi connectivity index (χ2n) is 9.52. The number of fused-ring (bicyclic) bond motifs is 1. The molecule has 1 aliphatic carbocycles. The lowest BCUT2D eigenvalue weighted by Crippen LogP contribution is -2.47. The topological polar surface area (TPSA) is 91.6 Å². The van der Waals surface area contributed by atoms with Crippen LogP contribution in [0.25, 0.3) is 0 Å². The third-order valence-electron chi connectivity index (χ3n) is 7.04. The number of hydrogen-bond acceptors (Lipinski definition) is 4. The van der Waals surface area contributed by atoms with Gasteiger partial charge in [-0.1, -0.05) is 49.6 Å². The molecule has 1 atom stereocenters. The van der Waals surface area contributed by atoms with E-state index in [-0.39, 0.29) is 5.91 Å². The summed E-state index contributed by atoms with van der Waals surface area (Å²) in [6.45, 7) is 0.803. The smallest absolute Gasteiger partial charge is 0.321 e. The number of aryl methyl sites for hydroxylation is 2. The number of likely N-dealkylation sites (N-methyl/N-ethyl adjacent to an activating group) is 1. The lowest BCUT2D eigenvalue weighted by Gasteiger charge is -2.25. The van der Waals surface area contributed by atoms with Gasteiger partial charge in [0.15, 0.2) is 0 Å². The van der Waals surface area contributed by atoms with Crippen LogP contribution >= 0.6 is 0 Å². The molecule has 36 heavy (non-hydrogen) atoms. The van der Waals surface area contributed by atoms with Crippen molar-refractivity contribution < 1.29 is 9.59 Å². The molecule has 2 N–H and O–H groups in total. The largest absolute Gasteiger partial charge is 0.337 e. The standard InChI is InChI=1S/C28H32N6O2/c1-33-24-13-6-5-12-23(24)25(21-9-3-2-4-10-21)31-26(27(33)35)32-28(36)30-22-11-7-8-20(18-22)14-16-34-17-15-29-19-34/h5-8,11-13,15,17-19,21,26H,2-4,9-10,14,16H2,1H3,(H2,30,32,36)/t26-/m0/s1. The van der Waals surface area contributed by atoms with Gasteiger partial charge in [0.05, 0.1) is 17.7 Å². The molecule has 3 amide bonds. The van der Waals surface area contributed by atoms with Crippen LogP contribution in [0.15, 0.2) is 72.2 Å². The summed E-state index contributed by atoms with van der Waals surface area (Å²) in [7, 11) is 1.75.